The number of rotatable bonds is 1. The highest BCUT2D eigenvalue weighted by molar-refractivity contribution is 5.65. The fraction of sp³-hybridized carbons (Fsp3) is 0.0833. The van der Waals surface area contributed by atoms with Crippen LogP contribution in [0, 0.1) is 12.7 Å². The lowest BCUT2D eigenvalue weighted by molar-refractivity contribution is 0.619. The topological polar surface area (TPSA) is 38.9 Å². The van der Waals surface area contributed by atoms with Crippen LogP contribution in [0.5, 0.6) is 0 Å². The summed E-state index contributed by atoms with van der Waals surface area (Å²) in [6, 6.07) is 8.66. The van der Waals surface area contributed by atoms with Gasteiger partial charge in [0.25, 0.3) is 0 Å². The van der Waals surface area contributed by atoms with Crippen LogP contribution in [0.15, 0.2) is 36.5 Å². The van der Waals surface area contributed by atoms with Gasteiger partial charge in [-0.05, 0) is 41.8 Å². The lowest BCUT2D eigenvalue weighted by atomic mass is 10.1. The molecule has 1 aromatic carbocycles. The molecule has 0 aliphatic heterocycles. The SMILES string of the molecule is Cc1ccc(-c2ccnc(N)c2)cc1F. The van der Waals surface area contributed by atoms with Crippen LogP contribution in [0.4, 0.5) is 10.2 Å². The van der Waals surface area contributed by atoms with Gasteiger partial charge in [-0.3, -0.25) is 0 Å². The zero-order valence-corrected chi connectivity index (χ0v) is 8.37. The van der Waals surface area contributed by atoms with Gasteiger partial charge in [-0.25, -0.2) is 9.37 Å². The molecule has 0 unspecified atom stereocenters. The number of halogens is 1. The van der Waals surface area contributed by atoms with Crippen LogP contribution in [-0.2, 0) is 0 Å². The minimum Gasteiger partial charge on any atom is -0.384 e. The van der Waals surface area contributed by atoms with E-state index in [-0.39, 0.29) is 5.82 Å². The van der Waals surface area contributed by atoms with Crippen molar-refractivity contribution in [1.29, 1.82) is 0 Å². The Morgan fingerprint density at radius 2 is 1.87 bits per heavy atom. The van der Waals surface area contributed by atoms with Gasteiger partial charge in [-0.1, -0.05) is 12.1 Å². The van der Waals surface area contributed by atoms with Crippen molar-refractivity contribution in [2.24, 2.45) is 0 Å². The summed E-state index contributed by atoms with van der Waals surface area (Å²) in [6.45, 7) is 1.74. The molecule has 2 aromatic rings. The molecule has 0 atom stereocenters. The van der Waals surface area contributed by atoms with Gasteiger partial charge in [0.2, 0.25) is 0 Å². The second-order valence-corrected chi connectivity index (χ2v) is 3.43. The predicted molar refractivity (Wildman–Crippen MR) is 58.8 cm³/mol. The normalized spacial score (nSPS) is 10.3. The van der Waals surface area contributed by atoms with E-state index < -0.39 is 0 Å². The van der Waals surface area contributed by atoms with Gasteiger partial charge in [0.05, 0.1) is 0 Å². The molecule has 76 valence electrons. The Kier molecular flexibility index (Phi) is 2.37. The van der Waals surface area contributed by atoms with Crippen molar-refractivity contribution in [3.8, 4) is 11.1 Å². The lowest BCUT2D eigenvalue weighted by Crippen LogP contribution is -1.90. The molecule has 1 aromatic heterocycles. The maximum atomic E-state index is 13.3. The molecule has 3 heteroatoms. The Labute approximate surface area is 87.6 Å². The Hall–Kier alpha value is -1.90. The van der Waals surface area contributed by atoms with Crippen molar-refractivity contribution in [3.63, 3.8) is 0 Å². The molecule has 2 rings (SSSR count). The largest absolute Gasteiger partial charge is 0.384 e. The Morgan fingerprint density at radius 1 is 1.13 bits per heavy atom. The molecule has 0 amide bonds. The number of hydrogen-bond donors (Lipinski definition) is 1. The van der Waals surface area contributed by atoms with E-state index in [1.165, 1.54) is 6.07 Å². The van der Waals surface area contributed by atoms with Crippen LogP contribution in [-0.4, -0.2) is 4.98 Å². The molecular weight excluding hydrogens is 191 g/mol. The summed E-state index contributed by atoms with van der Waals surface area (Å²) >= 11 is 0. The maximum Gasteiger partial charge on any atom is 0.126 e. The first-order valence-electron chi connectivity index (χ1n) is 4.65. The minimum absolute atomic E-state index is 0.206. The minimum atomic E-state index is -0.206. The highest BCUT2D eigenvalue weighted by Crippen LogP contribution is 2.22. The van der Waals surface area contributed by atoms with Gasteiger partial charge in [-0.2, -0.15) is 0 Å². The monoisotopic (exact) mass is 202 g/mol. The number of benzene rings is 1. The van der Waals surface area contributed by atoms with Gasteiger partial charge < -0.3 is 5.73 Å². The molecule has 0 bridgehead atoms. The van der Waals surface area contributed by atoms with Gasteiger partial charge >= 0.3 is 0 Å². The quantitative estimate of drug-likeness (QED) is 0.772. The van der Waals surface area contributed by atoms with Crippen LogP contribution in [0.3, 0.4) is 0 Å². The van der Waals surface area contributed by atoms with Crippen molar-refractivity contribution in [3.05, 3.63) is 47.9 Å². The Balaban J connectivity index is 2.50. The fourth-order valence-corrected chi connectivity index (χ4v) is 1.40. The van der Waals surface area contributed by atoms with E-state index in [4.69, 9.17) is 5.73 Å². The van der Waals surface area contributed by atoms with E-state index in [0.717, 1.165) is 11.1 Å². The molecule has 0 radical (unpaired) electrons. The van der Waals surface area contributed by atoms with Crippen LogP contribution in [0.2, 0.25) is 0 Å². The number of aromatic nitrogens is 1. The molecular formula is C12H11FN2. The molecule has 2 nitrogen and oxygen atoms in total. The Bertz CT molecular complexity index is 495. The molecule has 2 N–H and O–H groups in total. The first-order valence-corrected chi connectivity index (χ1v) is 4.65. The summed E-state index contributed by atoms with van der Waals surface area (Å²) in [5.41, 5.74) is 7.89. The van der Waals surface area contributed by atoms with Gasteiger partial charge in [0, 0.05) is 6.20 Å². The van der Waals surface area contributed by atoms with Gasteiger partial charge in [0.15, 0.2) is 0 Å². The number of nitrogen functional groups attached to an aromatic ring is 1. The molecule has 1 heterocycles. The maximum absolute atomic E-state index is 13.3. The zero-order valence-electron chi connectivity index (χ0n) is 8.37. The molecule has 0 saturated carbocycles. The van der Waals surface area contributed by atoms with Crippen molar-refractivity contribution in [2.75, 3.05) is 5.73 Å². The summed E-state index contributed by atoms with van der Waals surface area (Å²) in [5.74, 6) is 0.233. The van der Waals surface area contributed by atoms with Gasteiger partial charge in [-0.15, -0.1) is 0 Å². The third-order valence-electron chi connectivity index (χ3n) is 2.29. The molecule has 0 aliphatic carbocycles. The Morgan fingerprint density at radius 3 is 2.53 bits per heavy atom. The zero-order chi connectivity index (χ0) is 10.8. The second-order valence-electron chi connectivity index (χ2n) is 3.43. The standard InChI is InChI=1S/C12H11FN2/c1-8-2-3-9(6-11(8)13)10-4-5-15-12(14)7-10/h2-7H,1H3,(H2,14,15). The average molecular weight is 202 g/mol. The van der Waals surface area contributed by atoms with Crippen LogP contribution < -0.4 is 5.73 Å². The van der Waals surface area contributed by atoms with E-state index >= 15 is 0 Å². The van der Waals surface area contributed by atoms with E-state index in [0.29, 0.717) is 11.4 Å². The van der Waals surface area contributed by atoms with Crippen molar-refractivity contribution in [1.82, 2.24) is 4.98 Å². The molecule has 15 heavy (non-hydrogen) atoms. The van der Waals surface area contributed by atoms with Crippen LogP contribution >= 0.6 is 0 Å². The summed E-state index contributed by atoms with van der Waals surface area (Å²) in [5, 5.41) is 0. The number of pyridine rings is 1. The van der Waals surface area contributed by atoms with E-state index in [1.807, 2.05) is 6.07 Å². The average Bonchev–Trinajstić information content (AvgIpc) is 2.22. The number of anilines is 1. The van der Waals surface area contributed by atoms with E-state index in [1.54, 1.807) is 31.3 Å². The smallest absolute Gasteiger partial charge is 0.126 e. The molecule has 0 saturated heterocycles. The third kappa shape index (κ3) is 1.96. The summed E-state index contributed by atoms with van der Waals surface area (Å²) in [7, 11) is 0. The van der Waals surface area contributed by atoms with Crippen molar-refractivity contribution >= 4 is 5.82 Å². The number of aryl methyl sites for hydroxylation is 1. The number of nitrogens with zero attached hydrogens (tertiary/aromatic N) is 1. The van der Waals surface area contributed by atoms with Crippen molar-refractivity contribution < 1.29 is 4.39 Å². The number of hydrogen-bond acceptors (Lipinski definition) is 2. The highest BCUT2D eigenvalue weighted by Gasteiger charge is 2.02. The van der Waals surface area contributed by atoms with Crippen LogP contribution in [0.25, 0.3) is 11.1 Å². The highest BCUT2D eigenvalue weighted by atomic mass is 19.1. The van der Waals surface area contributed by atoms with Crippen LogP contribution in [0.1, 0.15) is 5.56 Å². The summed E-state index contributed by atoms with van der Waals surface area (Å²) in [6.07, 6.45) is 1.61. The fourth-order valence-electron chi connectivity index (χ4n) is 1.40. The first-order chi connectivity index (χ1) is 7.16. The van der Waals surface area contributed by atoms with Gasteiger partial charge in [0.1, 0.15) is 11.6 Å². The van der Waals surface area contributed by atoms with E-state index in [9.17, 15) is 4.39 Å². The second kappa shape index (κ2) is 3.69. The first kappa shape index (κ1) is 9.65. The third-order valence-corrected chi connectivity index (χ3v) is 2.29. The van der Waals surface area contributed by atoms with E-state index in [2.05, 4.69) is 4.98 Å². The molecule has 0 fully saturated rings. The molecule has 0 spiro atoms. The summed E-state index contributed by atoms with van der Waals surface area (Å²) < 4.78 is 13.3. The lowest BCUT2D eigenvalue weighted by Gasteiger charge is -2.03. The molecule has 0 aliphatic rings. The number of nitrogens with two attached hydrogens (primary N) is 1. The predicted octanol–water partition coefficient (Wildman–Crippen LogP) is 2.78. The van der Waals surface area contributed by atoms with Crippen molar-refractivity contribution in [2.45, 2.75) is 6.92 Å². The summed E-state index contributed by atoms with van der Waals surface area (Å²) in [4.78, 5) is 3.89.